The number of aliphatic hydroxyl groups excluding tert-OH is 1. The number of carbonyl (C=O) groups is 1. The van der Waals surface area contributed by atoms with E-state index in [9.17, 15) is 9.90 Å². The second kappa shape index (κ2) is 16.7. The average Bonchev–Trinajstić information content (AvgIpc) is 3.56. The number of hydrogen-bond acceptors (Lipinski definition) is 6. The van der Waals surface area contributed by atoms with Crippen LogP contribution in [0.25, 0.3) is 0 Å². The van der Waals surface area contributed by atoms with Gasteiger partial charge in [-0.1, -0.05) is 126 Å². The molecule has 1 amide bonds. The van der Waals surface area contributed by atoms with E-state index in [1.165, 1.54) is 15.9 Å². The third-order valence-corrected chi connectivity index (χ3v) is 15.6. The summed E-state index contributed by atoms with van der Waals surface area (Å²) >= 11 is 0. The lowest BCUT2D eigenvalue weighted by molar-refractivity contribution is -0.304. The molecule has 2 heterocycles. The maximum absolute atomic E-state index is 13.8. The first-order chi connectivity index (χ1) is 23.8. The number of aliphatic hydroxyl groups is 1. The van der Waals surface area contributed by atoms with Crippen molar-refractivity contribution in [3.05, 3.63) is 96.6 Å². The molecule has 3 aromatic rings. The van der Waals surface area contributed by atoms with E-state index in [1.807, 2.05) is 43.9 Å². The summed E-state index contributed by atoms with van der Waals surface area (Å²) in [5.74, 6) is -1.35. The van der Waals surface area contributed by atoms with Crippen molar-refractivity contribution in [1.29, 1.82) is 0 Å². The average molecular weight is 702 g/mol. The van der Waals surface area contributed by atoms with Crippen LogP contribution in [0.4, 0.5) is 0 Å². The monoisotopic (exact) mass is 701 g/mol. The fourth-order valence-corrected chi connectivity index (χ4v) is 12.6. The van der Waals surface area contributed by atoms with Crippen LogP contribution in [0.15, 0.2) is 91.0 Å². The summed E-state index contributed by atoms with van der Waals surface area (Å²) in [5, 5.41) is 13.9. The van der Waals surface area contributed by atoms with Gasteiger partial charge in [0.05, 0.1) is 43.5 Å². The molecule has 0 radical (unpaired) electrons. The highest BCUT2D eigenvalue weighted by Crippen LogP contribution is 2.38. The van der Waals surface area contributed by atoms with Crippen molar-refractivity contribution in [2.45, 2.75) is 116 Å². The van der Waals surface area contributed by atoms with Crippen molar-refractivity contribution in [2.24, 2.45) is 11.8 Å². The van der Waals surface area contributed by atoms with E-state index in [-0.39, 0.29) is 41.8 Å². The van der Waals surface area contributed by atoms with Crippen molar-refractivity contribution in [2.75, 3.05) is 19.9 Å². The van der Waals surface area contributed by atoms with Crippen molar-refractivity contribution in [3.8, 4) is 0 Å². The van der Waals surface area contributed by atoms with E-state index in [4.69, 9.17) is 18.6 Å². The lowest BCUT2D eigenvalue weighted by atomic mass is 9.85. The number of rotatable bonds is 14. The smallest absolute Gasteiger partial charge is 0.261 e. The zero-order valence-corrected chi connectivity index (χ0v) is 32.2. The molecule has 2 aliphatic heterocycles. The molecule has 5 rings (SSSR count). The van der Waals surface area contributed by atoms with Crippen LogP contribution in [0.5, 0.6) is 0 Å². The molecule has 0 bridgehead atoms. The Bertz CT molecular complexity index is 1440. The van der Waals surface area contributed by atoms with Crippen LogP contribution in [-0.2, 0) is 29.9 Å². The molecule has 0 saturated carbocycles. The molecule has 1 N–H and O–H groups in total. The summed E-state index contributed by atoms with van der Waals surface area (Å²) in [7, 11) is -2.72. The van der Waals surface area contributed by atoms with Gasteiger partial charge in [0.1, 0.15) is 6.73 Å². The lowest BCUT2D eigenvalue weighted by Crippen LogP contribution is -2.67. The van der Waals surface area contributed by atoms with Crippen LogP contribution < -0.4 is 10.4 Å². The van der Waals surface area contributed by atoms with Crippen molar-refractivity contribution < 1.29 is 28.5 Å². The van der Waals surface area contributed by atoms with Gasteiger partial charge in [0.25, 0.3) is 8.32 Å². The highest BCUT2D eigenvalue weighted by atomic mass is 28.4. The number of amides is 1. The summed E-state index contributed by atoms with van der Waals surface area (Å²) in [6.45, 7) is 16.1. The number of benzene rings is 3. The van der Waals surface area contributed by atoms with Crippen LogP contribution in [0.3, 0.4) is 0 Å². The van der Waals surface area contributed by atoms with Gasteiger partial charge >= 0.3 is 0 Å². The molecule has 0 aromatic heterocycles. The molecule has 0 aliphatic carbocycles. The van der Waals surface area contributed by atoms with E-state index in [2.05, 4.69) is 100 Å². The maximum atomic E-state index is 13.8. The molecule has 7 nitrogen and oxygen atoms in total. The highest BCUT2D eigenvalue weighted by molar-refractivity contribution is 6.99. The summed E-state index contributed by atoms with van der Waals surface area (Å²) < 4.78 is 25.9. The fourth-order valence-electron chi connectivity index (χ4n) is 8.05. The van der Waals surface area contributed by atoms with Gasteiger partial charge in [-0.3, -0.25) is 4.79 Å². The van der Waals surface area contributed by atoms with Gasteiger partial charge in [0.15, 0.2) is 5.79 Å². The van der Waals surface area contributed by atoms with Crippen LogP contribution in [0.2, 0.25) is 5.04 Å². The van der Waals surface area contributed by atoms with Crippen LogP contribution in [0.1, 0.15) is 79.7 Å². The molecule has 8 heteroatoms. The first kappa shape index (κ1) is 38.4. The molecule has 0 spiro atoms. The third-order valence-electron chi connectivity index (χ3n) is 10.6. The summed E-state index contributed by atoms with van der Waals surface area (Å²) in [6, 6.07) is 31.6. The van der Waals surface area contributed by atoms with E-state index >= 15 is 0 Å². The van der Waals surface area contributed by atoms with E-state index < -0.39 is 26.1 Å². The van der Waals surface area contributed by atoms with Crippen LogP contribution >= 0.6 is 0 Å². The Morgan fingerprint density at radius 3 is 2.06 bits per heavy atom. The van der Waals surface area contributed by atoms with Gasteiger partial charge < -0.3 is 28.6 Å². The van der Waals surface area contributed by atoms with Crippen molar-refractivity contribution >= 4 is 24.6 Å². The lowest BCUT2D eigenvalue weighted by Gasteiger charge is -2.46. The summed E-state index contributed by atoms with van der Waals surface area (Å²) in [4.78, 5) is 15.7. The van der Waals surface area contributed by atoms with Crippen LogP contribution in [0, 0.1) is 11.8 Å². The molecule has 272 valence electrons. The Morgan fingerprint density at radius 2 is 1.50 bits per heavy atom. The molecular weight excluding hydrogens is 643 g/mol. The van der Waals surface area contributed by atoms with Gasteiger partial charge in [-0.25, -0.2) is 0 Å². The van der Waals surface area contributed by atoms with Crippen LogP contribution in [-0.4, -0.2) is 74.3 Å². The standard InChI is InChI=1S/C42H59NO6Si/c1-8-38(40(45)43-30-46-28-33(43)26-32-18-12-9-13-19-32)39(44)31(2)24-25-34-27-35(49-42(6,7)48-34)29-47-50(41(3,4)5,36-20-14-10-15-21-36)37-22-16-11-17-23-37/h9-23,31,33-35,38-39,44H,8,24-30H2,1-7H3/t31-,33+,34-,35+,38+,39-/m1/s1. The Balaban J connectivity index is 1.23. The molecule has 2 saturated heterocycles. The predicted octanol–water partition coefficient (Wildman–Crippen LogP) is 6.70. The summed E-state index contributed by atoms with van der Waals surface area (Å²) in [5.41, 5.74) is 1.18. The zero-order chi connectivity index (χ0) is 35.9. The number of carbonyl (C=O) groups excluding carboxylic acids is 1. The minimum Gasteiger partial charge on any atom is -0.405 e. The van der Waals surface area contributed by atoms with E-state index in [1.54, 1.807) is 0 Å². The molecule has 50 heavy (non-hydrogen) atoms. The minimum atomic E-state index is -2.72. The first-order valence-electron chi connectivity index (χ1n) is 18.6. The van der Waals surface area contributed by atoms with Gasteiger partial charge in [0.2, 0.25) is 5.91 Å². The quantitative estimate of drug-likeness (QED) is 0.189. The normalized spacial score (nSPS) is 23.0. The zero-order valence-electron chi connectivity index (χ0n) is 31.2. The number of nitrogens with zero attached hydrogens (tertiary/aromatic N) is 1. The van der Waals surface area contributed by atoms with Gasteiger partial charge in [-0.2, -0.15) is 0 Å². The second-order valence-electron chi connectivity index (χ2n) is 15.8. The molecule has 2 aliphatic rings. The Labute approximate surface area is 301 Å². The topological polar surface area (TPSA) is 77.5 Å². The molecule has 0 unspecified atom stereocenters. The second-order valence-corrected chi connectivity index (χ2v) is 20.1. The molecule has 2 fully saturated rings. The minimum absolute atomic E-state index is 0.0192. The largest absolute Gasteiger partial charge is 0.405 e. The molecular formula is C42H59NO6Si. The SMILES string of the molecule is CC[C@H](C(=O)N1COC[C@@H]1Cc1ccccc1)[C@H](O)[C@H](C)CC[C@@H]1C[C@@H](CO[Si](c2ccccc2)(c2ccccc2)C(C)(C)C)OC(C)(C)O1. The Hall–Kier alpha value is -2.85. The summed E-state index contributed by atoms with van der Waals surface area (Å²) in [6.07, 6.45) is 2.55. The number of hydrogen-bond donors (Lipinski definition) is 1. The van der Waals surface area contributed by atoms with E-state index in [0.29, 0.717) is 26.1 Å². The number of ether oxygens (including phenoxy) is 3. The van der Waals surface area contributed by atoms with Gasteiger partial charge in [-0.15, -0.1) is 0 Å². The third kappa shape index (κ3) is 8.95. The molecule has 3 aromatic carbocycles. The predicted molar refractivity (Wildman–Crippen MR) is 202 cm³/mol. The highest BCUT2D eigenvalue weighted by Gasteiger charge is 2.51. The fraction of sp³-hybridized carbons (Fsp3) is 0.548. The Morgan fingerprint density at radius 1 is 0.940 bits per heavy atom. The molecule has 6 atom stereocenters. The van der Waals surface area contributed by atoms with Gasteiger partial charge in [-0.05, 0) is 66.4 Å². The van der Waals surface area contributed by atoms with Crippen molar-refractivity contribution in [1.82, 2.24) is 4.90 Å². The van der Waals surface area contributed by atoms with Gasteiger partial charge in [0, 0.05) is 6.42 Å². The first-order valence-corrected chi connectivity index (χ1v) is 20.5. The van der Waals surface area contributed by atoms with E-state index in [0.717, 1.165) is 19.3 Å². The maximum Gasteiger partial charge on any atom is 0.261 e. The Kier molecular flexibility index (Phi) is 12.8. The van der Waals surface area contributed by atoms with Crippen molar-refractivity contribution in [3.63, 3.8) is 0 Å².